The van der Waals surface area contributed by atoms with Gasteiger partial charge in [-0.15, -0.1) is 0 Å². The summed E-state index contributed by atoms with van der Waals surface area (Å²) in [5.74, 6) is -0.436. The lowest BCUT2D eigenvalue weighted by molar-refractivity contribution is -0.138. The molecule has 0 aromatic carbocycles. The van der Waals surface area contributed by atoms with Crippen LogP contribution in [0.25, 0.3) is 0 Å². The number of hydrogen-bond donors (Lipinski definition) is 4. The van der Waals surface area contributed by atoms with Gasteiger partial charge in [-0.05, 0) is 29.2 Å². The number of rotatable bonds is 7. The Labute approximate surface area is 163 Å². The summed E-state index contributed by atoms with van der Waals surface area (Å²) in [6.45, 7) is 13.1. The third kappa shape index (κ3) is 7.64. The zero-order valence-electron chi connectivity index (χ0n) is 17.7. The Kier molecular flexibility index (Phi) is 10.3. The molecule has 1 atom stereocenters. The van der Waals surface area contributed by atoms with E-state index >= 15 is 0 Å². The fourth-order valence-corrected chi connectivity index (χ4v) is 3.22. The molecule has 0 bridgehead atoms. The van der Waals surface area contributed by atoms with E-state index in [1.165, 1.54) is 0 Å². The fourth-order valence-electron chi connectivity index (χ4n) is 3.22. The molecule has 0 fully saturated rings. The van der Waals surface area contributed by atoms with Gasteiger partial charge in [-0.2, -0.15) is 0 Å². The van der Waals surface area contributed by atoms with Gasteiger partial charge in [-0.3, -0.25) is 4.79 Å². The third-order valence-corrected chi connectivity index (χ3v) is 4.94. The topological polar surface area (TPSA) is 107 Å². The molecule has 0 saturated heterocycles. The molecule has 6 nitrogen and oxygen atoms in total. The van der Waals surface area contributed by atoms with Gasteiger partial charge in [0.1, 0.15) is 5.76 Å². The number of aliphatic hydroxyl groups excluding tert-OH is 3. The van der Waals surface area contributed by atoms with Crippen LogP contribution >= 0.6 is 0 Å². The Morgan fingerprint density at radius 1 is 1.11 bits per heavy atom. The Morgan fingerprint density at radius 2 is 1.63 bits per heavy atom. The standard InChI is InChI=1S/C17H28O3.C4H10O3/c1-15(2,3)12-8-7-10-17(14(12)20,16(4,5)6)11-9-13(18)19;5-1-3-7-4-2-6/h7-8,20H,9-11H2,1-6H3,(H,18,19);5-6H,1-4H2. The fraction of sp³-hybridized carbons (Fsp3) is 0.762. The number of ether oxygens (including phenoxy) is 1. The molecule has 158 valence electrons. The maximum Gasteiger partial charge on any atom is 0.303 e. The van der Waals surface area contributed by atoms with Crippen molar-refractivity contribution in [1.82, 2.24) is 0 Å². The van der Waals surface area contributed by atoms with Crippen molar-refractivity contribution in [1.29, 1.82) is 0 Å². The molecule has 0 heterocycles. The van der Waals surface area contributed by atoms with E-state index < -0.39 is 11.4 Å². The van der Waals surface area contributed by atoms with Gasteiger partial charge in [0, 0.05) is 11.8 Å². The van der Waals surface area contributed by atoms with Crippen molar-refractivity contribution in [3.63, 3.8) is 0 Å². The maximum absolute atomic E-state index is 11.0. The first-order valence-corrected chi connectivity index (χ1v) is 9.45. The molecule has 0 amide bonds. The van der Waals surface area contributed by atoms with Gasteiger partial charge >= 0.3 is 5.97 Å². The first-order chi connectivity index (χ1) is 12.3. The summed E-state index contributed by atoms with van der Waals surface area (Å²) in [6, 6.07) is 0. The molecule has 27 heavy (non-hydrogen) atoms. The first-order valence-electron chi connectivity index (χ1n) is 9.45. The van der Waals surface area contributed by atoms with Gasteiger partial charge in [0.15, 0.2) is 0 Å². The molecule has 4 N–H and O–H groups in total. The van der Waals surface area contributed by atoms with Crippen molar-refractivity contribution in [3.05, 3.63) is 23.5 Å². The molecule has 0 aromatic rings. The van der Waals surface area contributed by atoms with Crippen molar-refractivity contribution < 1.29 is 30.0 Å². The van der Waals surface area contributed by atoms with Crippen molar-refractivity contribution in [3.8, 4) is 0 Å². The van der Waals surface area contributed by atoms with Gasteiger partial charge in [-0.25, -0.2) is 0 Å². The Bertz CT molecular complexity index is 518. The summed E-state index contributed by atoms with van der Waals surface area (Å²) in [6.07, 6.45) is 5.29. The van der Waals surface area contributed by atoms with Crippen LogP contribution in [-0.4, -0.2) is 52.8 Å². The SMILES string of the molecule is CC(C)(C)C1=C(O)C(CCC(=O)O)(C(C)(C)C)CC=C1.OCCOCCO. The van der Waals surface area contributed by atoms with E-state index in [1.54, 1.807) is 0 Å². The number of allylic oxidation sites excluding steroid dienone is 4. The molecule has 1 aliphatic rings. The predicted molar refractivity (Wildman–Crippen MR) is 107 cm³/mol. The minimum Gasteiger partial charge on any atom is -0.511 e. The molecule has 6 heteroatoms. The van der Waals surface area contributed by atoms with Crippen molar-refractivity contribution in [2.45, 2.75) is 60.8 Å². The Hall–Kier alpha value is -1.37. The summed E-state index contributed by atoms with van der Waals surface area (Å²) >= 11 is 0. The molecule has 0 aliphatic heterocycles. The largest absolute Gasteiger partial charge is 0.511 e. The van der Waals surface area contributed by atoms with E-state index in [2.05, 4.69) is 52.4 Å². The van der Waals surface area contributed by atoms with Gasteiger partial charge < -0.3 is 25.2 Å². The summed E-state index contributed by atoms with van der Waals surface area (Å²) in [5.41, 5.74) is 0.0705. The average molecular weight is 387 g/mol. The number of aliphatic hydroxyl groups is 3. The zero-order chi connectivity index (χ0) is 21.3. The summed E-state index contributed by atoms with van der Waals surface area (Å²) in [7, 11) is 0. The number of carboxylic acids is 1. The van der Waals surface area contributed by atoms with Gasteiger partial charge in [0.25, 0.3) is 0 Å². The molecule has 0 saturated carbocycles. The lowest BCUT2D eigenvalue weighted by Crippen LogP contribution is -2.40. The Morgan fingerprint density at radius 3 is 2.00 bits per heavy atom. The second-order valence-corrected chi connectivity index (χ2v) is 8.90. The summed E-state index contributed by atoms with van der Waals surface area (Å²) in [4.78, 5) is 11.0. The lowest BCUT2D eigenvalue weighted by atomic mass is 9.58. The Balaban J connectivity index is 0.000000821. The van der Waals surface area contributed by atoms with Crippen LogP contribution in [0.3, 0.4) is 0 Å². The molecule has 0 aromatic heterocycles. The lowest BCUT2D eigenvalue weighted by Gasteiger charge is -2.47. The molecule has 0 radical (unpaired) electrons. The van der Waals surface area contributed by atoms with Crippen LogP contribution in [0.1, 0.15) is 60.8 Å². The van der Waals surface area contributed by atoms with Crippen LogP contribution in [-0.2, 0) is 9.53 Å². The molecule has 1 aliphatic carbocycles. The zero-order valence-corrected chi connectivity index (χ0v) is 17.7. The van der Waals surface area contributed by atoms with Gasteiger partial charge in [0.2, 0.25) is 0 Å². The highest BCUT2D eigenvalue weighted by Gasteiger charge is 2.47. The van der Waals surface area contributed by atoms with Crippen molar-refractivity contribution >= 4 is 5.97 Å². The van der Waals surface area contributed by atoms with E-state index in [4.69, 9.17) is 15.3 Å². The maximum atomic E-state index is 11.0. The minimum absolute atomic E-state index is 0.0278. The average Bonchev–Trinajstić information content (AvgIpc) is 2.53. The summed E-state index contributed by atoms with van der Waals surface area (Å²) < 4.78 is 4.63. The smallest absolute Gasteiger partial charge is 0.303 e. The van der Waals surface area contributed by atoms with Gasteiger partial charge in [-0.1, -0.05) is 53.7 Å². The van der Waals surface area contributed by atoms with Crippen LogP contribution < -0.4 is 0 Å². The van der Waals surface area contributed by atoms with Crippen molar-refractivity contribution in [2.75, 3.05) is 26.4 Å². The van der Waals surface area contributed by atoms with Crippen LogP contribution in [0.4, 0.5) is 0 Å². The molecule has 1 unspecified atom stereocenters. The summed E-state index contributed by atoms with van der Waals surface area (Å²) in [5, 5.41) is 36.1. The molecule has 0 spiro atoms. The van der Waals surface area contributed by atoms with Crippen LogP contribution in [0.2, 0.25) is 0 Å². The number of hydrogen-bond acceptors (Lipinski definition) is 5. The second kappa shape index (κ2) is 10.8. The van der Waals surface area contributed by atoms with Crippen LogP contribution in [0.15, 0.2) is 23.5 Å². The van der Waals surface area contributed by atoms with E-state index in [-0.39, 0.29) is 30.5 Å². The third-order valence-electron chi connectivity index (χ3n) is 4.94. The predicted octanol–water partition coefficient (Wildman–Crippen LogP) is 3.69. The quantitative estimate of drug-likeness (QED) is 0.497. The number of carboxylic acid groups (broad SMARTS) is 1. The van der Waals surface area contributed by atoms with Crippen LogP contribution in [0.5, 0.6) is 0 Å². The van der Waals surface area contributed by atoms with E-state index in [1.807, 2.05) is 6.08 Å². The monoisotopic (exact) mass is 386 g/mol. The van der Waals surface area contributed by atoms with E-state index in [9.17, 15) is 9.90 Å². The minimum atomic E-state index is -0.812. The normalized spacial score (nSPS) is 20.3. The highest BCUT2D eigenvalue weighted by atomic mass is 16.5. The van der Waals surface area contributed by atoms with Crippen LogP contribution in [0, 0.1) is 16.2 Å². The second-order valence-electron chi connectivity index (χ2n) is 8.90. The van der Waals surface area contributed by atoms with Crippen molar-refractivity contribution in [2.24, 2.45) is 16.2 Å². The molecular weight excluding hydrogens is 348 g/mol. The molecule has 1 rings (SSSR count). The first kappa shape index (κ1) is 25.6. The van der Waals surface area contributed by atoms with E-state index in [0.717, 1.165) is 5.57 Å². The van der Waals surface area contributed by atoms with E-state index in [0.29, 0.717) is 31.8 Å². The van der Waals surface area contributed by atoms with Gasteiger partial charge in [0.05, 0.1) is 26.4 Å². The number of aliphatic carboxylic acids is 1. The number of carbonyl (C=O) groups is 1. The molecular formula is C21H38O6. The highest BCUT2D eigenvalue weighted by molar-refractivity contribution is 5.66. The highest BCUT2D eigenvalue weighted by Crippen LogP contribution is 2.54.